The number of nitrogens with one attached hydrogen (secondary N) is 1. The maximum atomic E-state index is 12.2. The molecule has 0 spiro atoms. The highest BCUT2D eigenvalue weighted by molar-refractivity contribution is 5.77. The van der Waals surface area contributed by atoms with E-state index >= 15 is 0 Å². The molecule has 4 rings (SSSR count). The zero-order valence-electron chi connectivity index (χ0n) is 12.8. The Morgan fingerprint density at radius 3 is 2.91 bits per heavy atom. The van der Waals surface area contributed by atoms with Gasteiger partial charge >= 0.3 is 0 Å². The van der Waals surface area contributed by atoms with Crippen LogP contribution < -0.4 is 5.32 Å². The lowest BCUT2D eigenvalue weighted by Crippen LogP contribution is -2.32. The van der Waals surface area contributed by atoms with Crippen LogP contribution in [0.4, 0.5) is 0 Å². The first-order valence-corrected chi connectivity index (χ1v) is 8.29. The molecule has 0 unspecified atom stereocenters. The minimum absolute atomic E-state index is 0.201. The number of carbonyl (C=O) groups excluding carboxylic acids is 1. The molecule has 5 nitrogen and oxygen atoms in total. The number of hydrogen-bond donors (Lipinski definition) is 1. The van der Waals surface area contributed by atoms with Gasteiger partial charge in [-0.05, 0) is 55.6 Å². The summed E-state index contributed by atoms with van der Waals surface area (Å²) in [5.74, 6) is 1.10. The van der Waals surface area contributed by atoms with Crippen molar-refractivity contribution in [2.24, 2.45) is 11.3 Å². The van der Waals surface area contributed by atoms with Gasteiger partial charge in [0.05, 0.1) is 12.1 Å². The second-order valence-electron chi connectivity index (χ2n) is 6.98. The zero-order valence-corrected chi connectivity index (χ0v) is 12.8. The topological polar surface area (TPSA) is 59.8 Å². The lowest BCUT2D eigenvalue weighted by Gasteiger charge is -2.25. The van der Waals surface area contributed by atoms with Crippen molar-refractivity contribution in [1.82, 2.24) is 20.3 Å². The van der Waals surface area contributed by atoms with Crippen LogP contribution in [0.5, 0.6) is 0 Å². The van der Waals surface area contributed by atoms with E-state index in [1.54, 1.807) is 0 Å². The molecule has 2 saturated carbocycles. The first-order chi connectivity index (χ1) is 10.7. The van der Waals surface area contributed by atoms with Gasteiger partial charge in [-0.1, -0.05) is 17.3 Å². The molecule has 1 amide bonds. The molecule has 2 fully saturated rings. The van der Waals surface area contributed by atoms with E-state index in [0.717, 1.165) is 17.0 Å². The SMILES string of the molecule is O=C(CC12CCC(CC1)C2)NCCn1nnc2ccccc21. The Bertz CT molecular complexity index is 685. The maximum absolute atomic E-state index is 12.2. The van der Waals surface area contributed by atoms with Crippen LogP contribution in [0.25, 0.3) is 11.0 Å². The molecule has 0 radical (unpaired) electrons. The number of fused-ring (bicyclic) bond motifs is 3. The Labute approximate surface area is 130 Å². The summed E-state index contributed by atoms with van der Waals surface area (Å²) in [6.07, 6.45) is 7.14. The van der Waals surface area contributed by atoms with Crippen molar-refractivity contribution in [2.45, 2.75) is 45.1 Å². The predicted molar refractivity (Wildman–Crippen MR) is 84.2 cm³/mol. The molecular formula is C17H22N4O. The molecule has 1 aromatic heterocycles. The average molecular weight is 298 g/mol. The largest absolute Gasteiger partial charge is 0.354 e. The molecule has 2 aliphatic rings. The first kappa shape index (κ1) is 13.7. The minimum Gasteiger partial charge on any atom is -0.354 e. The molecule has 0 atom stereocenters. The fourth-order valence-corrected chi connectivity index (χ4v) is 4.35. The van der Waals surface area contributed by atoms with Gasteiger partial charge in [0.15, 0.2) is 0 Å². The molecule has 1 aromatic carbocycles. The van der Waals surface area contributed by atoms with Crippen LogP contribution in [0.15, 0.2) is 24.3 Å². The Kier molecular flexibility index (Phi) is 3.36. The van der Waals surface area contributed by atoms with Crippen LogP contribution in [-0.2, 0) is 11.3 Å². The lowest BCUT2D eigenvalue weighted by molar-refractivity contribution is -0.123. The van der Waals surface area contributed by atoms with E-state index in [0.29, 0.717) is 24.9 Å². The smallest absolute Gasteiger partial charge is 0.220 e. The van der Waals surface area contributed by atoms with Crippen LogP contribution in [-0.4, -0.2) is 27.4 Å². The van der Waals surface area contributed by atoms with Crippen LogP contribution in [0, 0.1) is 11.3 Å². The number of rotatable bonds is 5. The van der Waals surface area contributed by atoms with Crippen molar-refractivity contribution in [3.8, 4) is 0 Å². The number of carbonyl (C=O) groups is 1. The molecule has 2 aliphatic carbocycles. The van der Waals surface area contributed by atoms with Gasteiger partial charge in [0.2, 0.25) is 5.91 Å². The molecule has 1 heterocycles. The Hall–Kier alpha value is -1.91. The number of benzene rings is 1. The van der Waals surface area contributed by atoms with E-state index in [1.165, 1.54) is 32.1 Å². The van der Waals surface area contributed by atoms with Crippen LogP contribution >= 0.6 is 0 Å². The van der Waals surface area contributed by atoms with E-state index in [1.807, 2.05) is 28.9 Å². The van der Waals surface area contributed by atoms with E-state index in [-0.39, 0.29) is 5.91 Å². The average Bonchev–Trinajstić information content (AvgIpc) is 3.21. The summed E-state index contributed by atoms with van der Waals surface area (Å²) in [5, 5.41) is 11.3. The van der Waals surface area contributed by atoms with Crippen LogP contribution in [0.2, 0.25) is 0 Å². The van der Waals surface area contributed by atoms with Gasteiger partial charge in [0.25, 0.3) is 0 Å². The van der Waals surface area contributed by atoms with Gasteiger partial charge in [0, 0.05) is 13.0 Å². The molecule has 2 bridgehead atoms. The quantitative estimate of drug-likeness (QED) is 0.922. The Balaban J connectivity index is 1.30. The summed E-state index contributed by atoms with van der Waals surface area (Å²) < 4.78 is 1.86. The van der Waals surface area contributed by atoms with Crippen molar-refractivity contribution < 1.29 is 4.79 Å². The van der Waals surface area contributed by atoms with Gasteiger partial charge in [-0.25, -0.2) is 4.68 Å². The van der Waals surface area contributed by atoms with E-state index in [9.17, 15) is 4.79 Å². The fraction of sp³-hybridized carbons (Fsp3) is 0.588. The minimum atomic E-state index is 0.201. The highest BCUT2D eigenvalue weighted by Gasteiger charge is 2.45. The normalized spacial score (nSPS) is 26.6. The van der Waals surface area contributed by atoms with Crippen LogP contribution in [0.1, 0.15) is 38.5 Å². The molecule has 22 heavy (non-hydrogen) atoms. The van der Waals surface area contributed by atoms with Gasteiger partial charge < -0.3 is 5.32 Å². The highest BCUT2D eigenvalue weighted by atomic mass is 16.1. The standard InChI is InChI=1S/C17H22N4O/c22-16(12-17-7-5-13(11-17)6-8-17)18-9-10-21-15-4-2-1-3-14(15)19-20-21/h1-4,13H,5-12H2,(H,18,22). The molecule has 5 heteroatoms. The van der Waals surface area contributed by atoms with Crippen LogP contribution in [0.3, 0.4) is 0 Å². The molecule has 2 aromatic rings. The second kappa shape index (κ2) is 5.38. The number of amides is 1. The number of para-hydroxylation sites is 1. The first-order valence-electron chi connectivity index (χ1n) is 8.29. The molecule has 1 N–H and O–H groups in total. The number of hydrogen-bond acceptors (Lipinski definition) is 3. The molecular weight excluding hydrogens is 276 g/mol. The third-order valence-electron chi connectivity index (χ3n) is 5.49. The third kappa shape index (κ3) is 2.49. The van der Waals surface area contributed by atoms with Gasteiger partial charge in [0.1, 0.15) is 5.52 Å². The summed E-state index contributed by atoms with van der Waals surface area (Å²) in [7, 11) is 0. The van der Waals surface area contributed by atoms with Crippen molar-refractivity contribution in [2.75, 3.05) is 6.54 Å². The predicted octanol–water partition coefficient (Wildman–Crippen LogP) is 2.52. The summed E-state index contributed by atoms with van der Waals surface area (Å²) in [5.41, 5.74) is 2.25. The lowest BCUT2D eigenvalue weighted by atomic mass is 9.81. The van der Waals surface area contributed by atoms with E-state index < -0.39 is 0 Å². The van der Waals surface area contributed by atoms with Crippen molar-refractivity contribution in [1.29, 1.82) is 0 Å². The number of nitrogens with zero attached hydrogens (tertiary/aromatic N) is 3. The molecule has 0 saturated heterocycles. The Morgan fingerprint density at radius 1 is 1.32 bits per heavy atom. The van der Waals surface area contributed by atoms with Gasteiger partial charge in [-0.3, -0.25) is 4.79 Å². The number of aromatic nitrogens is 3. The van der Waals surface area contributed by atoms with E-state index in [2.05, 4.69) is 15.6 Å². The molecule has 116 valence electrons. The molecule has 0 aliphatic heterocycles. The second-order valence-corrected chi connectivity index (χ2v) is 6.98. The maximum Gasteiger partial charge on any atom is 0.220 e. The van der Waals surface area contributed by atoms with E-state index in [4.69, 9.17) is 0 Å². The van der Waals surface area contributed by atoms with Crippen molar-refractivity contribution in [3.63, 3.8) is 0 Å². The highest BCUT2D eigenvalue weighted by Crippen LogP contribution is 2.55. The zero-order chi connectivity index (χ0) is 15.0. The third-order valence-corrected chi connectivity index (χ3v) is 5.49. The van der Waals surface area contributed by atoms with Crippen molar-refractivity contribution in [3.05, 3.63) is 24.3 Å². The van der Waals surface area contributed by atoms with Gasteiger partial charge in [-0.2, -0.15) is 0 Å². The van der Waals surface area contributed by atoms with Gasteiger partial charge in [-0.15, -0.1) is 5.10 Å². The monoisotopic (exact) mass is 298 g/mol. The van der Waals surface area contributed by atoms with Crippen molar-refractivity contribution >= 4 is 16.9 Å². The fourth-order valence-electron chi connectivity index (χ4n) is 4.35. The Morgan fingerprint density at radius 2 is 2.14 bits per heavy atom. The summed E-state index contributed by atoms with van der Waals surface area (Å²) in [6, 6.07) is 7.90. The summed E-state index contributed by atoms with van der Waals surface area (Å²) in [4.78, 5) is 12.2. The summed E-state index contributed by atoms with van der Waals surface area (Å²) >= 11 is 0. The summed E-state index contributed by atoms with van der Waals surface area (Å²) in [6.45, 7) is 1.29.